The summed E-state index contributed by atoms with van der Waals surface area (Å²) in [7, 11) is 4.02. The monoisotopic (exact) mass is 449 g/mol. The molecule has 2 aromatic rings. The Bertz CT molecular complexity index is 1030. The van der Waals surface area contributed by atoms with Crippen LogP contribution in [0.25, 0.3) is 6.08 Å². The maximum absolute atomic E-state index is 12.1. The number of ether oxygens (including phenoxy) is 3. The zero-order valence-electron chi connectivity index (χ0n) is 17.2. The van der Waals surface area contributed by atoms with E-state index in [2.05, 4.69) is 19.9 Å². The lowest BCUT2D eigenvalue weighted by atomic mass is 10.1. The second kappa shape index (κ2) is 10.4. The van der Waals surface area contributed by atoms with Crippen LogP contribution in [-0.2, 0) is 30.8 Å². The molecule has 0 bridgehead atoms. The van der Waals surface area contributed by atoms with E-state index in [-0.39, 0.29) is 16.8 Å². The third-order valence-corrected chi connectivity index (χ3v) is 4.43. The molecule has 0 aliphatic rings. The van der Waals surface area contributed by atoms with Crippen molar-refractivity contribution in [2.75, 3.05) is 26.1 Å². The average Bonchev–Trinajstić information content (AvgIpc) is 3.00. The van der Waals surface area contributed by atoms with Crippen molar-refractivity contribution in [2.45, 2.75) is 6.92 Å². The molecular weight excluding hydrogens is 430 g/mol. The molecule has 10 nitrogen and oxygen atoms in total. The third-order valence-electron chi connectivity index (χ3n) is 3.99. The first kappa shape index (κ1) is 23.6. The number of halogens is 1. The van der Waals surface area contributed by atoms with Crippen LogP contribution in [0.5, 0.6) is 0 Å². The summed E-state index contributed by atoms with van der Waals surface area (Å²) in [5.74, 6) is -2.87. The Labute approximate surface area is 182 Å². The minimum absolute atomic E-state index is 0.0318. The van der Waals surface area contributed by atoms with Crippen LogP contribution in [0.15, 0.2) is 24.3 Å². The Morgan fingerprint density at radius 3 is 2.16 bits per heavy atom. The second-order valence-electron chi connectivity index (χ2n) is 6.18. The molecule has 0 fully saturated rings. The lowest BCUT2D eigenvalue weighted by Crippen LogP contribution is -2.20. The number of nitrogens with zero attached hydrogens (tertiary/aromatic N) is 2. The summed E-state index contributed by atoms with van der Waals surface area (Å²) in [5.41, 5.74) is 1.37. The van der Waals surface area contributed by atoms with Gasteiger partial charge in [0, 0.05) is 24.4 Å². The number of methoxy groups -OCH3 is 2. The number of aromatic nitrogens is 2. The number of hydrogen-bond donors (Lipinski definition) is 1. The number of hydrogen-bond acceptors (Lipinski definition) is 8. The van der Waals surface area contributed by atoms with Crippen molar-refractivity contribution in [1.29, 1.82) is 0 Å². The van der Waals surface area contributed by atoms with Crippen molar-refractivity contribution < 1.29 is 33.4 Å². The summed E-state index contributed by atoms with van der Waals surface area (Å²) < 4.78 is 15.6. The van der Waals surface area contributed by atoms with Crippen molar-refractivity contribution in [3.63, 3.8) is 0 Å². The Morgan fingerprint density at radius 1 is 1.10 bits per heavy atom. The van der Waals surface area contributed by atoms with Gasteiger partial charge in [-0.3, -0.25) is 9.48 Å². The summed E-state index contributed by atoms with van der Waals surface area (Å²) in [6, 6.07) is 3.89. The van der Waals surface area contributed by atoms with Gasteiger partial charge in [-0.15, -0.1) is 0 Å². The smallest absolute Gasteiger partial charge is 0.337 e. The van der Waals surface area contributed by atoms with E-state index in [0.29, 0.717) is 16.4 Å². The van der Waals surface area contributed by atoms with Gasteiger partial charge in [0.15, 0.2) is 6.61 Å². The molecule has 0 atom stereocenters. The summed E-state index contributed by atoms with van der Waals surface area (Å²) in [4.78, 5) is 47.6. The molecule has 0 aliphatic carbocycles. The van der Waals surface area contributed by atoms with E-state index in [4.69, 9.17) is 16.3 Å². The number of amides is 1. The third kappa shape index (κ3) is 6.16. The van der Waals surface area contributed by atoms with E-state index in [0.717, 1.165) is 6.08 Å². The number of rotatable bonds is 7. The van der Waals surface area contributed by atoms with Gasteiger partial charge in [-0.25, -0.2) is 14.4 Å². The number of carbonyl (C=O) groups excluding carboxylic acids is 4. The molecule has 1 N–H and O–H groups in total. The van der Waals surface area contributed by atoms with Crippen LogP contribution < -0.4 is 5.32 Å². The molecule has 0 aliphatic heterocycles. The van der Waals surface area contributed by atoms with Crippen LogP contribution in [0.4, 0.5) is 5.69 Å². The summed E-state index contributed by atoms with van der Waals surface area (Å²) in [6.45, 7) is 1.13. The zero-order valence-corrected chi connectivity index (χ0v) is 18.0. The number of benzene rings is 1. The molecule has 0 saturated heterocycles. The Balaban J connectivity index is 2.03. The molecule has 164 valence electrons. The van der Waals surface area contributed by atoms with Gasteiger partial charge in [0.05, 0.1) is 31.0 Å². The molecule has 1 amide bonds. The minimum Gasteiger partial charge on any atom is -0.465 e. The first-order valence-corrected chi connectivity index (χ1v) is 9.19. The van der Waals surface area contributed by atoms with Crippen LogP contribution in [0.2, 0.25) is 5.15 Å². The average molecular weight is 450 g/mol. The predicted molar refractivity (Wildman–Crippen MR) is 111 cm³/mol. The van der Waals surface area contributed by atoms with E-state index < -0.39 is 30.4 Å². The standard InChI is InChI=1S/C20H20ClN3O7/c1-11-15(18(21)24(2)23-11)5-6-17(26)31-10-16(25)22-14-8-12(19(27)29-3)7-13(9-14)20(28)30-4/h5-9H,10H2,1-4H3,(H,22,25)/b6-5+. The summed E-state index contributed by atoms with van der Waals surface area (Å²) in [6.07, 6.45) is 2.56. The van der Waals surface area contributed by atoms with E-state index in [1.807, 2.05) is 0 Å². The lowest BCUT2D eigenvalue weighted by molar-refractivity contribution is -0.142. The van der Waals surface area contributed by atoms with Crippen molar-refractivity contribution in [3.05, 3.63) is 51.8 Å². The van der Waals surface area contributed by atoms with Crippen LogP contribution >= 0.6 is 11.6 Å². The molecule has 0 saturated carbocycles. The topological polar surface area (TPSA) is 126 Å². The number of anilines is 1. The molecule has 1 aromatic heterocycles. The lowest BCUT2D eigenvalue weighted by Gasteiger charge is -2.09. The fraction of sp³-hybridized carbons (Fsp3) is 0.250. The highest BCUT2D eigenvalue weighted by Gasteiger charge is 2.15. The number of esters is 3. The first-order valence-electron chi connectivity index (χ1n) is 8.81. The van der Waals surface area contributed by atoms with Crippen LogP contribution in [0.1, 0.15) is 32.0 Å². The maximum atomic E-state index is 12.1. The fourth-order valence-electron chi connectivity index (χ4n) is 2.54. The van der Waals surface area contributed by atoms with Crippen molar-refractivity contribution >= 4 is 47.2 Å². The number of carbonyl (C=O) groups is 4. The highest BCUT2D eigenvalue weighted by molar-refractivity contribution is 6.31. The predicted octanol–water partition coefficient (Wildman–Crippen LogP) is 2.15. The highest BCUT2D eigenvalue weighted by Crippen LogP contribution is 2.20. The summed E-state index contributed by atoms with van der Waals surface area (Å²) in [5, 5.41) is 6.91. The molecule has 1 aromatic carbocycles. The molecule has 0 spiro atoms. The largest absolute Gasteiger partial charge is 0.465 e. The molecule has 11 heteroatoms. The van der Waals surface area contributed by atoms with Gasteiger partial charge in [-0.2, -0.15) is 5.10 Å². The Hall–Kier alpha value is -3.66. The number of aryl methyl sites for hydroxylation is 2. The van der Waals surface area contributed by atoms with Gasteiger partial charge in [-0.1, -0.05) is 11.6 Å². The van der Waals surface area contributed by atoms with Crippen LogP contribution in [0.3, 0.4) is 0 Å². The van der Waals surface area contributed by atoms with Crippen molar-refractivity contribution in [1.82, 2.24) is 9.78 Å². The van der Waals surface area contributed by atoms with E-state index in [1.54, 1.807) is 14.0 Å². The van der Waals surface area contributed by atoms with Gasteiger partial charge in [0.2, 0.25) is 0 Å². The fourth-order valence-corrected chi connectivity index (χ4v) is 2.78. The van der Waals surface area contributed by atoms with Crippen molar-refractivity contribution in [2.24, 2.45) is 7.05 Å². The Morgan fingerprint density at radius 2 is 1.68 bits per heavy atom. The maximum Gasteiger partial charge on any atom is 0.337 e. The second-order valence-corrected chi connectivity index (χ2v) is 6.54. The summed E-state index contributed by atoms with van der Waals surface area (Å²) >= 11 is 6.07. The SMILES string of the molecule is COC(=O)c1cc(NC(=O)COC(=O)/C=C/c2c(C)nn(C)c2Cl)cc(C(=O)OC)c1. The van der Waals surface area contributed by atoms with Crippen LogP contribution in [0, 0.1) is 6.92 Å². The van der Waals surface area contributed by atoms with Gasteiger partial charge < -0.3 is 19.5 Å². The number of nitrogens with one attached hydrogen (secondary N) is 1. The van der Waals surface area contributed by atoms with Gasteiger partial charge in [0.1, 0.15) is 5.15 Å². The molecule has 0 radical (unpaired) electrons. The van der Waals surface area contributed by atoms with E-state index in [1.165, 1.54) is 43.2 Å². The van der Waals surface area contributed by atoms with E-state index in [9.17, 15) is 19.2 Å². The molecule has 1 heterocycles. The quantitative estimate of drug-likeness (QED) is 0.387. The Kier molecular flexibility index (Phi) is 7.92. The molecule has 0 unspecified atom stereocenters. The molecule has 31 heavy (non-hydrogen) atoms. The van der Waals surface area contributed by atoms with Crippen LogP contribution in [-0.4, -0.2) is 54.4 Å². The normalized spacial score (nSPS) is 10.6. The molecular formula is C20H20ClN3O7. The zero-order chi connectivity index (χ0) is 23.1. The van der Waals surface area contributed by atoms with Gasteiger partial charge >= 0.3 is 17.9 Å². The molecule has 2 rings (SSSR count). The first-order chi connectivity index (χ1) is 14.7. The van der Waals surface area contributed by atoms with Crippen molar-refractivity contribution in [3.8, 4) is 0 Å². The van der Waals surface area contributed by atoms with Gasteiger partial charge in [0.25, 0.3) is 5.91 Å². The van der Waals surface area contributed by atoms with E-state index >= 15 is 0 Å². The minimum atomic E-state index is -0.770. The van der Waals surface area contributed by atoms with Gasteiger partial charge in [-0.05, 0) is 31.2 Å². The highest BCUT2D eigenvalue weighted by atomic mass is 35.5.